The molecule has 2 aromatic rings. The number of likely N-dealkylation sites (N-methyl/N-ethyl adjacent to an activating group) is 1. The van der Waals surface area contributed by atoms with Gasteiger partial charge in [0, 0.05) is 23.6 Å². The number of hydrogen-bond donors (Lipinski definition) is 1. The average Bonchev–Trinajstić information content (AvgIpc) is 2.66. The number of aryl methyl sites for hydroxylation is 2. The highest BCUT2D eigenvalue weighted by Gasteiger charge is 2.08. The van der Waals surface area contributed by atoms with Gasteiger partial charge in [-0.25, -0.2) is 0 Å². The predicted molar refractivity (Wildman–Crippen MR) is 70.0 cm³/mol. The van der Waals surface area contributed by atoms with Crippen molar-refractivity contribution in [1.82, 2.24) is 9.88 Å². The van der Waals surface area contributed by atoms with Crippen molar-refractivity contribution in [3.63, 3.8) is 0 Å². The van der Waals surface area contributed by atoms with E-state index in [4.69, 9.17) is 0 Å². The zero-order chi connectivity index (χ0) is 11.5. The van der Waals surface area contributed by atoms with Crippen LogP contribution in [0.4, 0.5) is 0 Å². The first kappa shape index (κ1) is 11.2. The first-order chi connectivity index (χ1) is 7.77. The minimum absolute atomic E-state index is 1.04. The highest BCUT2D eigenvalue weighted by atomic mass is 14.9. The third kappa shape index (κ3) is 1.85. The molecule has 2 heteroatoms. The Balaban J connectivity index is 2.55. The summed E-state index contributed by atoms with van der Waals surface area (Å²) < 4.78 is 2.34. The molecule has 0 bridgehead atoms. The fraction of sp³-hybridized carbons (Fsp3) is 0.429. The quantitative estimate of drug-likeness (QED) is 0.831. The Kier molecular flexibility index (Phi) is 3.30. The Morgan fingerprint density at radius 3 is 2.81 bits per heavy atom. The van der Waals surface area contributed by atoms with Crippen LogP contribution >= 0.6 is 0 Å². The van der Waals surface area contributed by atoms with Gasteiger partial charge in [0.2, 0.25) is 0 Å². The summed E-state index contributed by atoms with van der Waals surface area (Å²) in [7, 11) is 2.01. The van der Waals surface area contributed by atoms with E-state index in [1.807, 2.05) is 7.05 Å². The molecular weight excluding hydrogens is 196 g/mol. The van der Waals surface area contributed by atoms with E-state index in [2.05, 4.69) is 48.1 Å². The summed E-state index contributed by atoms with van der Waals surface area (Å²) >= 11 is 0. The summed E-state index contributed by atoms with van der Waals surface area (Å²) in [5.41, 5.74) is 4.22. The Bertz CT molecular complexity index is 483. The first-order valence-electron chi connectivity index (χ1n) is 5.99. The van der Waals surface area contributed by atoms with Gasteiger partial charge in [0.1, 0.15) is 0 Å². The standard InChI is InChI=1S/C14H20N2/c1-4-16-10-12(8-9-15-3)14-11(2)6-5-7-13(14)16/h5-7,10,15H,4,8-9H2,1-3H3. The maximum absolute atomic E-state index is 3.22. The molecule has 0 atom stereocenters. The summed E-state index contributed by atoms with van der Waals surface area (Å²) in [6, 6.07) is 6.56. The monoisotopic (exact) mass is 216 g/mol. The molecule has 1 aromatic carbocycles. The van der Waals surface area contributed by atoms with Crippen LogP contribution in [0.3, 0.4) is 0 Å². The van der Waals surface area contributed by atoms with Gasteiger partial charge in [-0.15, -0.1) is 0 Å². The summed E-state index contributed by atoms with van der Waals surface area (Å²) in [5.74, 6) is 0. The van der Waals surface area contributed by atoms with Crippen molar-refractivity contribution in [2.45, 2.75) is 26.8 Å². The van der Waals surface area contributed by atoms with E-state index >= 15 is 0 Å². The summed E-state index contributed by atoms with van der Waals surface area (Å²) in [4.78, 5) is 0. The Morgan fingerprint density at radius 1 is 1.31 bits per heavy atom. The van der Waals surface area contributed by atoms with Crippen LogP contribution < -0.4 is 5.32 Å². The zero-order valence-corrected chi connectivity index (χ0v) is 10.4. The number of nitrogens with one attached hydrogen (secondary N) is 1. The Labute approximate surface area is 97.3 Å². The van der Waals surface area contributed by atoms with Crippen LogP contribution in [0, 0.1) is 6.92 Å². The number of benzene rings is 1. The number of rotatable bonds is 4. The van der Waals surface area contributed by atoms with Crippen molar-refractivity contribution >= 4 is 10.9 Å². The van der Waals surface area contributed by atoms with Crippen LogP contribution in [0.2, 0.25) is 0 Å². The van der Waals surface area contributed by atoms with Crippen molar-refractivity contribution < 1.29 is 0 Å². The van der Waals surface area contributed by atoms with Crippen molar-refractivity contribution in [1.29, 1.82) is 0 Å². The predicted octanol–water partition coefficient (Wildman–Crippen LogP) is 2.73. The Hall–Kier alpha value is -1.28. The molecule has 0 amide bonds. The van der Waals surface area contributed by atoms with E-state index < -0.39 is 0 Å². The second kappa shape index (κ2) is 4.71. The van der Waals surface area contributed by atoms with Gasteiger partial charge < -0.3 is 9.88 Å². The molecule has 0 saturated carbocycles. The second-order valence-electron chi connectivity index (χ2n) is 4.26. The fourth-order valence-corrected chi connectivity index (χ4v) is 2.34. The minimum atomic E-state index is 1.04. The molecule has 0 fully saturated rings. The van der Waals surface area contributed by atoms with E-state index in [0.29, 0.717) is 0 Å². The second-order valence-corrected chi connectivity index (χ2v) is 4.26. The van der Waals surface area contributed by atoms with Crippen molar-refractivity contribution in [2.75, 3.05) is 13.6 Å². The minimum Gasteiger partial charge on any atom is -0.347 e. The molecular formula is C14H20N2. The normalized spacial score (nSPS) is 11.2. The van der Waals surface area contributed by atoms with Crippen molar-refractivity contribution in [3.05, 3.63) is 35.5 Å². The highest BCUT2D eigenvalue weighted by molar-refractivity contribution is 5.87. The number of aromatic nitrogens is 1. The summed E-state index contributed by atoms with van der Waals surface area (Å²) in [5, 5.41) is 4.66. The zero-order valence-electron chi connectivity index (χ0n) is 10.4. The lowest BCUT2D eigenvalue weighted by Crippen LogP contribution is -2.10. The van der Waals surface area contributed by atoms with E-state index in [1.54, 1.807) is 0 Å². The van der Waals surface area contributed by atoms with Crippen LogP contribution in [-0.4, -0.2) is 18.2 Å². The maximum Gasteiger partial charge on any atom is 0.0485 e. The van der Waals surface area contributed by atoms with Crippen LogP contribution in [0.1, 0.15) is 18.1 Å². The molecule has 86 valence electrons. The van der Waals surface area contributed by atoms with E-state index in [9.17, 15) is 0 Å². The third-order valence-electron chi connectivity index (χ3n) is 3.18. The van der Waals surface area contributed by atoms with Gasteiger partial charge >= 0.3 is 0 Å². The van der Waals surface area contributed by atoms with Gasteiger partial charge in [-0.05, 0) is 51.1 Å². The molecule has 16 heavy (non-hydrogen) atoms. The van der Waals surface area contributed by atoms with Crippen LogP contribution in [0.5, 0.6) is 0 Å². The van der Waals surface area contributed by atoms with Crippen LogP contribution in [0.15, 0.2) is 24.4 Å². The molecule has 1 aromatic heterocycles. The number of hydrogen-bond acceptors (Lipinski definition) is 1. The molecule has 0 spiro atoms. The molecule has 0 aliphatic carbocycles. The van der Waals surface area contributed by atoms with E-state index in [1.165, 1.54) is 22.0 Å². The highest BCUT2D eigenvalue weighted by Crippen LogP contribution is 2.25. The van der Waals surface area contributed by atoms with E-state index in [0.717, 1.165) is 19.5 Å². The lowest BCUT2D eigenvalue weighted by Gasteiger charge is -2.02. The van der Waals surface area contributed by atoms with Gasteiger partial charge in [-0.1, -0.05) is 12.1 Å². The van der Waals surface area contributed by atoms with Gasteiger partial charge in [0.25, 0.3) is 0 Å². The molecule has 0 aliphatic heterocycles. The smallest absolute Gasteiger partial charge is 0.0485 e. The molecule has 0 radical (unpaired) electrons. The lowest BCUT2D eigenvalue weighted by molar-refractivity contribution is 0.770. The summed E-state index contributed by atoms with van der Waals surface area (Å²) in [6.45, 7) is 6.48. The Morgan fingerprint density at radius 2 is 2.12 bits per heavy atom. The average molecular weight is 216 g/mol. The van der Waals surface area contributed by atoms with Crippen LogP contribution in [-0.2, 0) is 13.0 Å². The molecule has 0 aliphatic rings. The van der Waals surface area contributed by atoms with Crippen molar-refractivity contribution in [3.8, 4) is 0 Å². The SMILES string of the molecule is CCn1cc(CCNC)c2c(C)cccc21. The maximum atomic E-state index is 3.22. The fourth-order valence-electron chi connectivity index (χ4n) is 2.34. The number of fused-ring (bicyclic) bond motifs is 1. The van der Waals surface area contributed by atoms with Gasteiger partial charge in [0.15, 0.2) is 0 Å². The molecule has 1 N–H and O–H groups in total. The topological polar surface area (TPSA) is 17.0 Å². The van der Waals surface area contributed by atoms with Gasteiger partial charge in [-0.2, -0.15) is 0 Å². The third-order valence-corrected chi connectivity index (χ3v) is 3.18. The molecule has 2 rings (SSSR count). The molecule has 2 nitrogen and oxygen atoms in total. The van der Waals surface area contributed by atoms with Crippen LogP contribution in [0.25, 0.3) is 10.9 Å². The van der Waals surface area contributed by atoms with Gasteiger partial charge in [-0.3, -0.25) is 0 Å². The lowest BCUT2D eigenvalue weighted by atomic mass is 10.1. The van der Waals surface area contributed by atoms with Crippen molar-refractivity contribution in [2.24, 2.45) is 0 Å². The molecule has 0 unspecified atom stereocenters. The first-order valence-corrected chi connectivity index (χ1v) is 5.99. The number of nitrogens with zero attached hydrogens (tertiary/aromatic N) is 1. The van der Waals surface area contributed by atoms with Gasteiger partial charge in [0.05, 0.1) is 0 Å². The molecule has 1 heterocycles. The largest absolute Gasteiger partial charge is 0.347 e. The van der Waals surface area contributed by atoms with E-state index in [-0.39, 0.29) is 0 Å². The summed E-state index contributed by atoms with van der Waals surface area (Å²) in [6.07, 6.45) is 3.40. The molecule has 0 saturated heterocycles.